The van der Waals surface area contributed by atoms with Crippen LogP contribution in [0.25, 0.3) is 0 Å². The predicted molar refractivity (Wildman–Crippen MR) is 176 cm³/mol. The summed E-state index contributed by atoms with van der Waals surface area (Å²) in [6.07, 6.45) is 5.73. The topological polar surface area (TPSA) is 98.3 Å². The molecule has 1 atom stereocenters. The lowest BCUT2D eigenvalue weighted by atomic mass is 10.0. The maximum atomic E-state index is 12.5. The molecule has 2 saturated heterocycles. The molecule has 2 fully saturated rings. The Bertz CT molecular complexity index is 1410. The number of methoxy groups -OCH3 is 1. The molecule has 44 heavy (non-hydrogen) atoms. The van der Waals surface area contributed by atoms with E-state index in [1.807, 2.05) is 41.5 Å². The fraction of sp³-hybridized carbons (Fsp3) is 0.424. The van der Waals surface area contributed by atoms with Gasteiger partial charge in [0.1, 0.15) is 17.9 Å². The number of piperidine rings is 1. The van der Waals surface area contributed by atoms with Crippen LogP contribution in [0, 0.1) is 0 Å². The molecule has 0 unspecified atom stereocenters. The van der Waals surface area contributed by atoms with E-state index < -0.39 is 0 Å². The number of benzene rings is 2. The number of carbonyl (C=O) groups excluding carboxylic acids is 1. The van der Waals surface area contributed by atoms with Crippen LogP contribution in [0.5, 0.6) is 5.75 Å². The van der Waals surface area contributed by atoms with E-state index >= 15 is 0 Å². The van der Waals surface area contributed by atoms with Gasteiger partial charge in [0.15, 0.2) is 5.82 Å². The summed E-state index contributed by atoms with van der Waals surface area (Å²) in [6, 6.07) is 16.6. The SMILES string of the molecule is C=CC(=O)Nc1cc(Nc2cc(N3OCC[C@@H]3c3ccccc3)ncn2)c(OC)cc1N1CCC(N(C)CCN(C)C)CC1. The van der Waals surface area contributed by atoms with Gasteiger partial charge in [-0.3, -0.25) is 9.63 Å². The van der Waals surface area contributed by atoms with Crippen molar-refractivity contribution in [2.24, 2.45) is 0 Å². The van der Waals surface area contributed by atoms with Crippen LogP contribution in [0.1, 0.15) is 30.9 Å². The second-order valence-corrected chi connectivity index (χ2v) is 11.5. The molecule has 2 aliphatic heterocycles. The largest absolute Gasteiger partial charge is 0.494 e. The lowest BCUT2D eigenvalue weighted by molar-refractivity contribution is -0.111. The Morgan fingerprint density at radius 1 is 1.07 bits per heavy atom. The summed E-state index contributed by atoms with van der Waals surface area (Å²) in [5.41, 5.74) is 3.43. The second-order valence-electron chi connectivity index (χ2n) is 11.5. The summed E-state index contributed by atoms with van der Waals surface area (Å²) in [5, 5.41) is 8.24. The van der Waals surface area contributed by atoms with Crippen molar-refractivity contribution in [2.45, 2.75) is 31.3 Å². The summed E-state index contributed by atoms with van der Waals surface area (Å²) in [4.78, 5) is 34.4. The van der Waals surface area contributed by atoms with Crippen molar-refractivity contribution < 1.29 is 14.4 Å². The molecular weight excluding hydrogens is 556 g/mol. The zero-order chi connectivity index (χ0) is 31.1. The van der Waals surface area contributed by atoms with Crippen molar-refractivity contribution in [1.82, 2.24) is 19.8 Å². The number of aromatic nitrogens is 2. The van der Waals surface area contributed by atoms with Crippen molar-refractivity contribution in [3.63, 3.8) is 0 Å². The van der Waals surface area contributed by atoms with Crippen LogP contribution in [0.15, 0.2) is 67.5 Å². The zero-order valence-corrected chi connectivity index (χ0v) is 26.2. The van der Waals surface area contributed by atoms with Gasteiger partial charge in [-0.25, -0.2) is 15.0 Å². The first-order valence-electron chi connectivity index (χ1n) is 15.2. The molecule has 2 aromatic carbocycles. The summed E-state index contributed by atoms with van der Waals surface area (Å²) in [6.45, 7) is 8.07. The molecule has 0 bridgehead atoms. The first-order valence-corrected chi connectivity index (χ1v) is 15.2. The summed E-state index contributed by atoms with van der Waals surface area (Å²) >= 11 is 0. The summed E-state index contributed by atoms with van der Waals surface area (Å²) in [7, 11) is 8.06. The number of nitrogens with zero attached hydrogens (tertiary/aromatic N) is 6. The van der Waals surface area contributed by atoms with Crippen molar-refractivity contribution in [3.05, 3.63) is 73.1 Å². The molecule has 2 aliphatic rings. The molecule has 1 amide bonds. The van der Waals surface area contributed by atoms with Crippen LogP contribution in [0.2, 0.25) is 0 Å². The van der Waals surface area contributed by atoms with E-state index in [9.17, 15) is 4.79 Å². The minimum Gasteiger partial charge on any atom is -0.494 e. The predicted octanol–water partition coefficient (Wildman–Crippen LogP) is 4.70. The standard InChI is InChI=1S/C33H44N8O3/c1-6-33(42)37-26-20-27(30(43-5)21-29(26)40-15-12-25(13-16-40)39(4)18-17-38(2)3)36-31-22-32(35-23-34-31)41-28(14-19-44-41)24-10-8-7-9-11-24/h6-11,20-23,25,28H,1,12-19H2,2-5H3,(H,37,42)(H,34,35,36)/t28-/m1/s1. The van der Waals surface area contributed by atoms with Gasteiger partial charge in [-0.05, 0) is 51.7 Å². The Hall–Kier alpha value is -4.19. The first kappa shape index (κ1) is 31.2. The maximum absolute atomic E-state index is 12.5. The fourth-order valence-electron chi connectivity index (χ4n) is 5.82. The molecular formula is C33H44N8O3. The Balaban J connectivity index is 1.36. The van der Waals surface area contributed by atoms with E-state index in [1.54, 1.807) is 7.11 Å². The second kappa shape index (κ2) is 14.5. The van der Waals surface area contributed by atoms with Gasteiger partial charge in [-0.2, -0.15) is 0 Å². The molecule has 3 heterocycles. The van der Waals surface area contributed by atoms with Crippen LogP contribution >= 0.6 is 0 Å². The number of likely N-dealkylation sites (N-methyl/N-ethyl adjacent to an activating group) is 2. The third-order valence-electron chi connectivity index (χ3n) is 8.32. The lowest BCUT2D eigenvalue weighted by Gasteiger charge is -2.39. The molecule has 2 N–H and O–H groups in total. The number of hydrogen-bond acceptors (Lipinski definition) is 10. The first-order chi connectivity index (χ1) is 21.4. The van der Waals surface area contributed by atoms with Crippen LogP contribution in [-0.4, -0.2) is 92.8 Å². The molecule has 0 radical (unpaired) electrons. The van der Waals surface area contributed by atoms with Gasteiger partial charge >= 0.3 is 0 Å². The average molecular weight is 601 g/mol. The lowest BCUT2D eigenvalue weighted by Crippen LogP contribution is -2.45. The van der Waals surface area contributed by atoms with E-state index in [0.717, 1.165) is 51.1 Å². The molecule has 5 rings (SSSR count). The number of hydroxylamine groups is 1. The smallest absolute Gasteiger partial charge is 0.247 e. The Morgan fingerprint density at radius 2 is 1.84 bits per heavy atom. The summed E-state index contributed by atoms with van der Waals surface area (Å²) < 4.78 is 5.84. The third-order valence-corrected chi connectivity index (χ3v) is 8.32. The number of carbonyl (C=O) groups is 1. The molecule has 0 spiro atoms. The van der Waals surface area contributed by atoms with Crippen LogP contribution in [-0.2, 0) is 9.63 Å². The van der Waals surface area contributed by atoms with Gasteiger partial charge in [0, 0.05) is 50.8 Å². The van der Waals surface area contributed by atoms with E-state index in [-0.39, 0.29) is 11.9 Å². The van der Waals surface area contributed by atoms with Crippen LogP contribution in [0.3, 0.4) is 0 Å². The highest BCUT2D eigenvalue weighted by molar-refractivity contribution is 6.02. The van der Waals surface area contributed by atoms with Gasteiger partial charge in [0.05, 0.1) is 36.8 Å². The van der Waals surface area contributed by atoms with Gasteiger partial charge < -0.3 is 30.1 Å². The van der Waals surface area contributed by atoms with Gasteiger partial charge in [0.2, 0.25) is 5.91 Å². The Kier molecular flexibility index (Phi) is 10.3. The highest BCUT2D eigenvalue weighted by Gasteiger charge is 2.29. The van der Waals surface area contributed by atoms with Gasteiger partial charge in [0.25, 0.3) is 0 Å². The summed E-state index contributed by atoms with van der Waals surface area (Å²) in [5.74, 6) is 1.60. The van der Waals surface area contributed by atoms with E-state index in [2.05, 4.69) is 75.2 Å². The molecule has 0 saturated carbocycles. The third kappa shape index (κ3) is 7.47. The number of anilines is 5. The molecule has 234 valence electrons. The zero-order valence-electron chi connectivity index (χ0n) is 26.2. The number of rotatable bonds is 12. The average Bonchev–Trinajstić information content (AvgIpc) is 3.55. The molecule has 0 aliphatic carbocycles. The van der Waals surface area contributed by atoms with Crippen LogP contribution < -0.4 is 25.3 Å². The molecule has 11 heteroatoms. The molecule has 11 nitrogen and oxygen atoms in total. The van der Waals surface area contributed by atoms with Crippen molar-refractivity contribution >= 4 is 34.6 Å². The number of nitrogens with one attached hydrogen (secondary N) is 2. The highest BCUT2D eigenvalue weighted by Crippen LogP contribution is 2.40. The van der Waals surface area contributed by atoms with Crippen LogP contribution in [0.4, 0.5) is 28.7 Å². The van der Waals surface area contributed by atoms with Crippen molar-refractivity contribution in [1.29, 1.82) is 0 Å². The van der Waals surface area contributed by atoms with Crippen molar-refractivity contribution in [3.8, 4) is 5.75 Å². The number of amides is 1. The minimum absolute atomic E-state index is 0.0606. The Morgan fingerprint density at radius 3 is 2.55 bits per heavy atom. The molecule has 3 aromatic rings. The quantitative estimate of drug-likeness (QED) is 0.285. The van der Waals surface area contributed by atoms with Crippen molar-refractivity contribution in [2.75, 3.05) is 81.6 Å². The van der Waals surface area contributed by atoms with Gasteiger partial charge in [-0.1, -0.05) is 36.9 Å². The molecule has 1 aromatic heterocycles. The fourth-order valence-corrected chi connectivity index (χ4v) is 5.82. The monoisotopic (exact) mass is 600 g/mol. The van der Waals surface area contributed by atoms with E-state index in [0.29, 0.717) is 41.4 Å². The minimum atomic E-state index is -0.275. The normalized spacial score (nSPS) is 17.3. The van der Waals surface area contributed by atoms with E-state index in [4.69, 9.17) is 9.57 Å². The highest BCUT2D eigenvalue weighted by atomic mass is 16.7. The van der Waals surface area contributed by atoms with E-state index in [1.165, 1.54) is 18.0 Å². The maximum Gasteiger partial charge on any atom is 0.247 e. The number of hydrogen-bond donors (Lipinski definition) is 2. The Labute approximate surface area is 260 Å². The van der Waals surface area contributed by atoms with Gasteiger partial charge in [-0.15, -0.1) is 0 Å². The number of ether oxygens (including phenoxy) is 1.